The predicted molar refractivity (Wildman–Crippen MR) is 133 cm³/mol. The predicted octanol–water partition coefficient (Wildman–Crippen LogP) is 3.26. The number of allylic oxidation sites excluding steroid dienone is 4. The van der Waals surface area contributed by atoms with Crippen molar-refractivity contribution in [3.05, 3.63) is 23.8 Å². The molecule has 0 radical (unpaired) electrons. The molecule has 3 N–H and O–H groups in total. The number of hydrogen-bond donors (Lipinski definition) is 2. The second kappa shape index (κ2) is 10.3. The van der Waals surface area contributed by atoms with Crippen LogP contribution >= 0.6 is 12.4 Å². The highest BCUT2D eigenvalue weighted by Gasteiger charge is 2.68. The van der Waals surface area contributed by atoms with Crippen molar-refractivity contribution in [2.24, 2.45) is 34.3 Å². The van der Waals surface area contributed by atoms with Crippen LogP contribution < -0.4 is 5.73 Å². The van der Waals surface area contributed by atoms with Crippen LogP contribution in [0, 0.1) is 28.6 Å². The molecule has 0 bridgehead atoms. The molecule has 0 saturated heterocycles. The van der Waals surface area contributed by atoms with Gasteiger partial charge in [-0.3, -0.25) is 19.2 Å². The number of ether oxygens (including phenoxy) is 1. The Morgan fingerprint density at radius 1 is 1.17 bits per heavy atom. The van der Waals surface area contributed by atoms with Gasteiger partial charge < -0.3 is 15.6 Å². The average Bonchev–Trinajstić information content (AvgIpc) is 3.06. The van der Waals surface area contributed by atoms with Crippen LogP contribution in [0.25, 0.3) is 0 Å². The van der Waals surface area contributed by atoms with E-state index in [2.05, 4.69) is 0 Å². The van der Waals surface area contributed by atoms with Gasteiger partial charge in [-0.15, -0.1) is 12.4 Å². The molecular formula is C27H38ClNO6. The van der Waals surface area contributed by atoms with Crippen molar-refractivity contribution in [1.82, 2.24) is 0 Å². The first-order chi connectivity index (χ1) is 16.1. The topological polar surface area (TPSA) is 124 Å². The molecule has 6 atom stereocenters. The quantitative estimate of drug-likeness (QED) is 0.381. The minimum absolute atomic E-state index is 0. The molecular weight excluding hydrogens is 470 g/mol. The number of Topliss-reactive ketones (excluding diaryl/α,β-unsaturated/α-hetero) is 2. The maximum Gasteiger partial charge on any atom is 0.306 e. The molecule has 3 saturated carbocycles. The van der Waals surface area contributed by atoms with Crippen LogP contribution in [-0.2, 0) is 23.9 Å². The molecule has 0 aliphatic heterocycles. The lowest BCUT2D eigenvalue weighted by Crippen LogP contribution is -2.60. The molecule has 0 spiro atoms. The number of carbonyl (C=O) groups is 4. The molecule has 4 rings (SSSR count). The van der Waals surface area contributed by atoms with Gasteiger partial charge in [0.1, 0.15) is 11.4 Å². The van der Waals surface area contributed by atoms with Crippen molar-refractivity contribution in [2.45, 2.75) is 77.2 Å². The Morgan fingerprint density at radius 2 is 1.91 bits per heavy atom. The summed E-state index contributed by atoms with van der Waals surface area (Å²) >= 11 is 0. The number of nitrogens with two attached hydrogens (primary N) is 1. The SMILES string of the molecule is C[C@]12C=CC(=O)C=C1CC[C@@H]1[C@@H]2C(=O)C[C@@]2(C)[C@H]1CC[C@]2(O)C(=O)COC(=O)CCCCCN.Cl. The lowest BCUT2D eigenvalue weighted by atomic mass is 9.46. The monoisotopic (exact) mass is 507 g/mol. The molecule has 0 amide bonds. The first kappa shape index (κ1) is 27.8. The standard InChI is InChI=1S/C27H37NO6.ClH/c1-25-11-9-18(29)14-17(25)7-8-19-20-10-12-27(33,26(20,2)15-21(30)24(19)25)22(31)16-34-23(32)6-4-3-5-13-28;/h9,11,14,19-20,24,33H,3-8,10,12-13,15-16,28H2,1-2H3;1H/t19-,20-,24+,25-,26-,27-;/m0./s1. The average molecular weight is 508 g/mol. The number of hydrogen-bond acceptors (Lipinski definition) is 7. The summed E-state index contributed by atoms with van der Waals surface area (Å²) in [6, 6.07) is 0. The fourth-order valence-corrected chi connectivity index (χ4v) is 7.42. The summed E-state index contributed by atoms with van der Waals surface area (Å²) in [5.74, 6) is -1.15. The van der Waals surface area contributed by atoms with Crippen LogP contribution in [0.3, 0.4) is 0 Å². The zero-order chi connectivity index (χ0) is 24.7. The van der Waals surface area contributed by atoms with Gasteiger partial charge in [0.2, 0.25) is 5.78 Å². The van der Waals surface area contributed by atoms with Gasteiger partial charge in [0.25, 0.3) is 0 Å². The molecule has 7 nitrogen and oxygen atoms in total. The second-order valence-corrected chi connectivity index (χ2v) is 11.1. The highest BCUT2D eigenvalue weighted by atomic mass is 35.5. The molecule has 4 aliphatic carbocycles. The van der Waals surface area contributed by atoms with Crippen LogP contribution in [0.4, 0.5) is 0 Å². The van der Waals surface area contributed by atoms with E-state index < -0.39 is 34.8 Å². The minimum atomic E-state index is -1.69. The number of unbranched alkanes of at least 4 members (excludes halogenated alkanes) is 2. The Morgan fingerprint density at radius 3 is 2.63 bits per heavy atom. The lowest BCUT2D eigenvalue weighted by molar-refractivity contribution is -0.172. The zero-order valence-electron chi connectivity index (χ0n) is 20.7. The van der Waals surface area contributed by atoms with Crippen LogP contribution in [0.2, 0.25) is 0 Å². The maximum atomic E-state index is 13.6. The summed E-state index contributed by atoms with van der Waals surface area (Å²) < 4.78 is 5.20. The van der Waals surface area contributed by atoms with Gasteiger partial charge >= 0.3 is 5.97 Å². The number of halogens is 1. The van der Waals surface area contributed by atoms with Crippen LogP contribution in [0.1, 0.15) is 71.6 Å². The normalized spacial score (nSPS) is 37.5. The maximum absolute atomic E-state index is 13.6. The Bertz CT molecular complexity index is 959. The number of ketones is 3. The van der Waals surface area contributed by atoms with Crippen LogP contribution in [0.15, 0.2) is 23.8 Å². The fraction of sp³-hybridized carbons (Fsp3) is 0.704. The lowest BCUT2D eigenvalue weighted by Gasteiger charge is -2.56. The van der Waals surface area contributed by atoms with Gasteiger partial charge in [0, 0.05) is 29.6 Å². The molecule has 4 aliphatic rings. The van der Waals surface area contributed by atoms with Crippen LogP contribution in [0.5, 0.6) is 0 Å². The summed E-state index contributed by atoms with van der Waals surface area (Å²) in [5, 5.41) is 11.6. The zero-order valence-corrected chi connectivity index (χ0v) is 21.5. The van der Waals surface area contributed by atoms with Crippen molar-refractivity contribution < 1.29 is 29.0 Å². The van der Waals surface area contributed by atoms with Crippen molar-refractivity contribution in [3.63, 3.8) is 0 Å². The number of carbonyl (C=O) groups excluding carboxylic acids is 4. The van der Waals surface area contributed by atoms with Crippen molar-refractivity contribution >= 4 is 35.7 Å². The molecule has 0 aromatic rings. The van der Waals surface area contributed by atoms with Gasteiger partial charge in [-0.05, 0) is 69.1 Å². The summed E-state index contributed by atoms with van der Waals surface area (Å²) in [5.41, 5.74) is 3.41. The first-order valence-corrected chi connectivity index (χ1v) is 12.6. The van der Waals surface area contributed by atoms with E-state index in [1.54, 1.807) is 12.2 Å². The summed E-state index contributed by atoms with van der Waals surface area (Å²) in [6.07, 6.45) is 10.2. The molecule has 0 aromatic carbocycles. The van der Waals surface area contributed by atoms with Gasteiger partial charge in [-0.2, -0.15) is 0 Å². The number of fused-ring (bicyclic) bond motifs is 5. The van der Waals surface area contributed by atoms with E-state index in [9.17, 15) is 24.3 Å². The van der Waals surface area contributed by atoms with E-state index in [4.69, 9.17) is 10.5 Å². The smallest absolute Gasteiger partial charge is 0.306 e. The Hall–Kier alpha value is -1.83. The summed E-state index contributed by atoms with van der Waals surface area (Å²) in [7, 11) is 0. The number of aliphatic hydroxyl groups is 1. The Kier molecular flexibility index (Phi) is 8.14. The Labute approximate surface area is 213 Å². The third-order valence-electron chi connectivity index (χ3n) is 9.32. The van der Waals surface area contributed by atoms with Crippen molar-refractivity contribution in [1.29, 1.82) is 0 Å². The highest BCUT2D eigenvalue weighted by molar-refractivity contribution is 6.02. The molecule has 8 heteroatoms. The number of rotatable bonds is 8. The van der Waals surface area contributed by atoms with Gasteiger partial charge in [-0.25, -0.2) is 0 Å². The molecule has 0 aromatic heterocycles. The van der Waals surface area contributed by atoms with E-state index in [-0.39, 0.29) is 61.0 Å². The second-order valence-electron chi connectivity index (χ2n) is 11.1. The molecule has 0 unspecified atom stereocenters. The minimum Gasteiger partial charge on any atom is -0.458 e. The molecule has 35 heavy (non-hydrogen) atoms. The van der Waals surface area contributed by atoms with Crippen LogP contribution in [-0.4, -0.2) is 47.2 Å². The van der Waals surface area contributed by atoms with E-state index in [0.717, 1.165) is 31.3 Å². The van der Waals surface area contributed by atoms with Crippen molar-refractivity contribution in [2.75, 3.05) is 13.2 Å². The highest BCUT2D eigenvalue weighted by Crippen LogP contribution is 2.66. The summed E-state index contributed by atoms with van der Waals surface area (Å²) in [6.45, 7) is 4.01. The molecule has 194 valence electrons. The number of esters is 1. The van der Waals surface area contributed by atoms with E-state index in [1.807, 2.05) is 19.9 Å². The van der Waals surface area contributed by atoms with Gasteiger partial charge in [-0.1, -0.05) is 31.9 Å². The van der Waals surface area contributed by atoms with E-state index in [0.29, 0.717) is 19.4 Å². The van der Waals surface area contributed by atoms with Gasteiger partial charge in [0.15, 0.2) is 12.4 Å². The third-order valence-corrected chi connectivity index (χ3v) is 9.32. The largest absolute Gasteiger partial charge is 0.458 e. The van der Waals surface area contributed by atoms with Gasteiger partial charge in [0.05, 0.1) is 0 Å². The van der Waals surface area contributed by atoms with E-state index >= 15 is 0 Å². The first-order valence-electron chi connectivity index (χ1n) is 12.6. The summed E-state index contributed by atoms with van der Waals surface area (Å²) in [4.78, 5) is 50.8. The third kappa shape index (κ3) is 4.56. The van der Waals surface area contributed by atoms with E-state index in [1.165, 1.54) is 0 Å². The Balaban J connectivity index is 0.00000342. The fourth-order valence-electron chi connectivity index (χ4n) is 7.42. The molecule has 3 fully saturated rings. The molecule has 0 heterocycles. The van der Waals surface area contributed by atoms with Crippen molar-refractivity contribution in [3.8, 4) is 0 Å².